The SMILES string of the molecule is CN1CCC(CNS(=O)(=O)CC#N)C1. The van der Waals surface area contributed by atoms with Gasteiger partial charge in [-0.05, 0) is 25.9 Å². The van der Waals surface area contributed by atoms with Crippen molar-refractivity contribution in [1.29, 1.82) is 5.26 Å². The van der Waals surface area contributed by atoms with Gasteiger partial charge >= 0.3 is 0 Å². The maximum absolute atomic E-state index is 11.1. The second kappa shape index (κ2) is 4.73. The van der Waals surface area contributed by atoms with Crippen molar-refractivity contribution in [3.8, 4) is 6.07 Å². The van der Waals surface area contributed by atoms with Gasteiger partial charge in [0.25, 0.3) is 0 Å². The number of hydrogen-bond acceptors (Lipinski definition) is 4. The third kappa shape index (κ3) is 3.62. The fourth-order valence-electron chi connectivity index (χ4n) is 1.57. The van der Waals surface area contributed by atoms with Gasteiger partial charge in [0.2, 0.25) is 10.0 Å². The van der Waals surface area contributed by atoms with Gasteiger partial charge in [-0.1, -0.05) is 0 Å². The number of nitriles is 1. The molecule has 1 heterocycles. The highest BCUT2D eigenvalue weighted by molar-refractivity contribution is 7.89. The lowest BCUT2D eigenvalue weighted by atomic mass is 10.1. The van der Waals surface area contributed by atoms with Crippen LogP contribution in [0, 0.1) is 17.2 Å². The van der Waals surface area contributed by atoms with Gasteiger partial charge in [0.15, 0.2) is 5.75 Å². The van der Waals surface area contributed by atoms with E-state index < -0.39 is 15.8 Å². The van der Waals surface area contributed by atoms with Crippen LogP contribution in [0.15, 0.2) is 0 Å². The Balaban J connectivity index is 2.31. The molecule has 1 aliphatic heterocycles. The maximum atomic E-state index is 11.1. The molecule has 0 bridgehead atoms. The van der Waals surface area contributed by atoms with Gasteiger partial charge in [0, 0.05) is 13.1 Å². The minimum Gasteiger partial charge on any atom is -0.306 e. The van der Waals surface area contributed by atoms with E-state index >= 15 is 0 Å². The van der Waals surface area contributed by atoms with Crippen molar-refractivity contribution in [2.24, 2.45) is 5.92 Å². The minimum atomic E-state index is -3.37. The van der Waals surface area contributed by atoms with Crippen molar-refractivity contribution in [2.45, 2.75) is 6.42 Å². The lowest BCUT2D eigenvalue weighted by molar-refractivity contribution is 0.394. The summed E-state index contributed by atoms with van der Waals surface area (Å²) in [6.07, 6.45) is 1.02. The molecule has 80 valence electrons. The quantitative estimate of drug-likeness (QED) is 0.681. The number of rotatable bonds is 4. The fourth-order valence-corrected chi connectivity index (χ4v) is 2.34. The van der Waals surface area contributed by atoms with E-state index in [4.69, 9.17) is 5.26 Å². The average molecular weight is 217 g/mol. The Morgan fingerprint density at radius 2 is 2.36 bits per heavy atom. The van der Waals surface area contributed by atoms with Crippen molar-refractivity contribution < 1.29 is 8.42 Å². The summed E-state index contributed by atoms with van der Waals surface area (Å²) < 4.78 is 24.7. The van der Waals surface area contributed by atoms with Crippen LogP contribution in [0.5, 0.6) is 0 Å². The van der Waals surface area contributed by atoms with E-state index in [1.165, 1.54) is 0 Å². The summed E-state index contributed by atoms with van der Waals surface area (Å²) in [6.45, 7) is 2.40. The Bertz CT molecular complexity index is 320. The van der Waals surface area contributed by atoms with Crippen molar-refractivity contribution in [3.63, 3.8) is 0 Å². The summed E-state index contributed by atoms with van der Waals surface area (Å²) in [7, 11) is -1.35. The molecule has 0 aromatic rings. The van der Waals surface area contributed by atoms with Gasteiger partial charge < -0.3 is 4.90 Å². The molecule has 0 amide bonds. The van der Waals surface area contributed by atoms with Crippen molar-refractivity contribution in [1.82, 2.24) is 9.62 Å². The molecule has 14 heavy (non-hydrogen) atoms. The smallest absolute Gasteiger partial charge is 0.225 e. The van der Waals surface area contributed by atoms with Gasteiger partial charge in [-0.2, -0.15) is 5.26 Å². The van der Waals surface area contributed by atoms with E-state index in [0.717, 1.165) is 19.5 Å². The Morgan fingerprint density at radius 1 is 1.64 bits per heavy atom. The first-order valence-electron chi connectivity index (χ1n) is 4.56. The number of sulfonamides is 1. The molecule has 1 unspecified atom stereocenters. The van der Waals surface area contributed by atoms with E-state index in [1.807, 2.05) is 7.05 Å². The summed E-state index contributed by atoms with van der Waals surface area (Å²) in [5.41, 5.74) is 0. The third-order valence-corrected chi connectivity index (χ3v) is 3.45. The van der Waals surface area contributed by atoms with E-state index in [-0.39, 0.29) is 0 Å². The summed E-state index contributed by atoms with van der Waals surface area (Å²) in [5, 5.41) is 8.26. The van der Waals surface area contributed by atoms with Crippen molar-refractivity contribution in [2.75, 3.05) is 32.4 Å². The Morgan fingerprint density at radius 3 is 2.86 bits per heavy atom. The Kier molecular flexibility index (Phi) is 3.86. The summed E-state index contributed by atoms with van der Waals surface area (Å²) in [4.78, 5) is 2.17. The predicted octanol–water partition coefficient (Wildman–Crippen LogP) is -0.619. The Labute approximate surface area is 84.8 Å². The van der Waals surface area contributed by atoms with E-state index in [9.17, 15) is 8.42 Å². The van der Waals surface area contributed by atoms with Gasteiger partial charge in [-0.3, -0.25) is 0 Å². The van der Waals surface area contributed by atoms with Crippen LogP contribution in [0.1, 0.15) is 6.42 Å². The molecule has 1 atom stereocenters. The second-order valence-electron chi connectivity index (χ2n) is 3.68. The molecule has 1 rings (SSSR count). The molecule has 6 heteroatoms. The van der Waals surface area contributed by atoms with Crippen molar-refractivity contribution in [3.05, 3.63) is 0 Å². The normalized spacial score (nSPS) is 23.6. The summed E-state index contributed by atoms with van der Waals surface area (Å²) >= 11 is 0. The molecular weight excluding hydrogens is 202 g/mol. The number of nitrogens with one attached hydrogen (secondary N) is 1. The van der Waals surface area contributed by atoms with Crippen LogP contribution in [0.2, 0.25) is 0 Å². The van der Waals surface area contributed by atoms with Crippen LogP contribution in [0.25, 0.3) is 0 Å². The average Bonchev–Trinajstić information content (AvgIpc) is 2.48. The maximum Gasteiger partial charge on any atom is 0.225 e. The van der Waals surface area contributed by atoms with Crippen LogP contribution >= 0.6 is 0 Å². The zero-order valence-electron chi connectivity index (χ0n) is 8.23. The van der Waals surface area contributed by atoms with Crippen LogP contribution in [0.4, 0.5) is 0 Å². The monoisotopic (exact) mass is 217 g/mol. The first kappa shape index (κ1) is 11.4. The second-order valence-corrected chi connectivity index (χ2v) is 5.49. The molecule has 0 aliphatic carbocycles. The fraction of sp³-hybridized carbons (Fsp3) is 0.875. The van der Waals surface area contributed by atoms with Crippen LogP contribution in [0.3, 0.4) is 0 Å². The molecule has 0 radical (unpaired) electrons. The molecule has 1 fully saturated rings. The highest BCUT2D eigenvalue weighted by Gasteiger charge is 2.21. The lowest BCUT2D eigenvalue weighted by Gasteiger charge is -2.10. The minimum absolute atomic E-state index is 0.383. The summed E-state index contributed by atoms with van der Waals surface area (Å²) in [5.74, 6) is -0.0660. The van der Waals surface area contributed by atoms with Crippen LogP contribution < -0.4 is 4.72 Å². The van der Waals surface area contributed by atoms with Gasteiger partial charge in [-0.25, -0.2) is 13.1 Å². The highest BCUT2D eigenvalue weighted by atomic mass is 32.2. The first-order chi connectivity index (χ1) is 6.53. The highest BCUT2D eigenvalue weighted by Crippen LogP contribution is 2.12. The molecule has 1 aliphatic rings. The van der Waals surface area contributed by atoms with E-state index in [1.54, 1.807) is 6.07 Å². The van der Waals surface area contributed by atoms with Gasteiger partial charge in [0.05, 0.1) is 6.07 Å². The molecule has 1 saturated heterocycles. The number of nitrogens with zero attached hydrogens (tertiary/aromatic N) is 2. The summed E-state index contributed by atoms with van der Waals surface area (Å²) in [6, 6.07) is 1.63. The topological polar surface area (TPSA) is 73.2 Å². The number of likely N-dealkylation sites (tertiary alicyclic amines) is 1. The molecule has 0 saturated carbocycles. The standard InChI is InChI=1S/C8H15N3O2S/c1-11-4-2-8(7-11)6-10-14(12,13)5-3-9/h8,10H,2,4-7H2,1H3. The van der Waals surface area contributed by atoms with E-state index in [0.29, 0.717) is 12.5 Å². The van der Waals surface area contributed by atoms with E-state index in [2.05, 4.69) is 9.62 Å². The van der Waals surface area contributed by atoms with Crippen LogP contribution in [-0.4, -0.2) is 45.8 Å². The van der Waals surface area contributed by atoms with Crippen molar-refractivity contribution >= 4 is 10.0 Å². The van der Waals surface area contributed by atoms with Gasteiger partial charge in [-0.15, -0.1) is 0 Å². The molecular formula is C8H15N3O2S. The predicted molar refractivity (Wildman–Crippen MR) is 53.0 cm³/mol. The van der Waals surface area contributed by atoms with Gasteiger partial charge in [0.1, 0.15) is 0 Å². The molecule has 0 aromatic heterocycles. The Hall–Kier alpha value is -0.640. The zero-order valence-corrected chi connectivity index (χ0v) is 9.05. The molecule has 0 aromatic carbocycles. The lowest BCUT2D eigenvalue weighted by Crippen LogP contribution is -2.31. The molecule has 1 N–H and O–H groups in total. The molecule has 0 spiro atoms. The first-order valence-corrected chi connectivity index (χ1v) is 6.21. The third-order valence-electron chi connectivity index (χ3n) is 2.34. The number of hydrogen-bond donors (Lipinski definition) is 1. The molecule has 5 nitrogen and oxygen atoms in total. The zero-order chi connectivity index (χ0) is 10.6. The van der Waals surface area contributed by atoms with Crippen LogP contribution in [-0.2, 0) is 10.0 Å². The largest absolute Gasteiger partial charge is 0.306 e.